The summed E-state index contributed by atoms with van der Waals surface area (Å²) in [6.45, 7) is 26.5. The Labute approximate surface area is 336 Å². The van der Waals surface area contributed by atoms with Gasteiger partial charge in [-0.05, 0) is 112 Å². The van der Waals surface area contributed by atoms with Crippen molar-refractivity contribution < 1.29 is 14.4 Å². The fourth-order valence-electron chi connectivity index (χ4n) is 9.43. The monoisotopic (exact) mass is 752 g/mol. The third-order valence-corrected chi connectivity index (χ3v) is 12.5. The molecule has 0 aliphatic carbocycles. The highest BCUT2D eigenvalue weighted by Gasteiger charge is 2.39. The van der Waals surface area contributed by atoms with Gasteiger partial charge in [0.25, 0.3) is 17.7 Å². The Morgan fingerprint density at radius 3 is 1.26 bits per heavy atom. The van der Waals surface area contributed by atoms with Crippen molar-refractivity contribution in [3.8, 4) is 0 Å². The predicted octanol–water partition coefficient (Wildman–Crippen LogP) is 12.9. The van der Waals surface area contributed by atoms with Gasteiger partial charge in [-0.1, -0.05) is 138 Å². The van der Waals surface area contributed by atoms with Crippen LogP contribution in [0.2, 0.25) is 0 Å². The summed E-state index contributed by atoms with van der Waals surface area (Å²) in [4.78, 5) is 47.7. The van der Waals surface area contributed by atoms with E-state index >= 15 is 0 Å². The van der Waals surface area contributed by atoms with Crippen molar-refractivity contribution >= 4 is 72.2 Å². The first-order valence-electron chi connectivity index (χ1n) is 20.3. The van der Waals surface area contributed by atoms with Crippen molar-refractivity contribution in [1.82, 2.24) is 0 Å². The van der Waals surface area contributed by atoms with Crippen LogP contribution >= 0.6 is 0 Å². The van der Waals surface area contributed by atoms with Crippen molar-refractivity contribution in [2.24, 2.45) is 0 Å². The molecular formula is C52H52N2O3. The number of anilines is 2. The van der Waals surface area contributed by atoms with E-state index in [0.717, 1.165) is 65.6 Å². The number of imide groups is 1. The maximum atomic E-state index is 14.8. The van der Waals surface area contributed by atoms with Gasteiger partial charge in [-0.3, -0.25) is 14.4 Å². The first-order valence-corrected chi connectivity index (χ1v) is 20.3. The first kappa shape index (κ1) is 37.1. The van der Waals surface area contributed by atoms with Crippen molar-refractivity contribution in [2.75, 3.05) is 9.80 Å². The van der Waals surface area contributed by atoms with Crippen molar-refractivity contribution in [3.63, 3.8) is 0 Å². The molecule has 9 rings (SSSR count). The summed E-state index contributed by atoms with van der Waals surface area (Å²) in [7, 11) is 0. The zero-order chi connectivity index (χ0) is 40.9. The molecule has 0 spiro atoms. The van der Waals surface area contributed by atoms with Crippen LogP contribution in [0.1, 0.15) is 142 Å². The molecular weight excluding hydrogens is 701 g/mol. The Balaban J connectivity index is 1.23. The molecule has 5 nitrogen and oxygen atoms in total. The molecule has 0 radical (unpaired) electrons. The summed E-state index contributed by atoms with van der Waals surface area (Å²) >= 11 is 0. The highest BCUT2D eigenvalue weighted by atomic mass is 16.2. The van der Waals surface area contributed by atoms with Gasteiger partial charge in [-0.2, -0.15) is 0 Å². The van der Waals surface area contributed by atoms with Crippen LogP contribution in [-0.2, 0) is 28.2 Å². The average Bonchev–Trinajstić information content (AvgIpc) is 3.13. The van der Waals surface area contributed by atoms with Gasteiger partial charge in [0.15, 0.2) is 0 Å². The zero-order valence-corrected chi connectivity index (χ0v) is 35.4. The van der Waals surface area contributed by atoms with E-state index in [1.54, 1.807) is 0 Å². The second-order valence-electron chi connectivity index (χ2n) is 20.6. The summed E-state index contributed by atoms with van der Waals surface area (Å²) in [6, 6.07) is 29.2. The second-order valence-corrected chi connectivity index (χ2v) is 20.6. The molecule has 57 heavy (non-hydrogen) atoms. The molecule has 0 saturated heterocycles. The molecule has 0 bridgehead atoms. The predicted molar refractivity (Wildman–Crippen MR) is 237 cm³/mol. The summed E-state index contributed by atoms with van der Waals surface area (Å²) in [5.74, 6) is -0.612. The van der Waals surface area contributed by atoms with Crippen LogP contribution in [0.4, 0.5) is 11.4 Å². The highest BCUT2D eigenvalue weighted by Crippen LogP contribution is 2.49. The number of hydrogen-bond acceptors (Lipinski definition) is 3. The molecule has 0 N–H and O–H groups in total. The van der Waals surface area contributed by atoms with E-state index < -0.39 is 0 Å². The Kier molecular flexibility index (Phi) is 7.64. The van der Waals surface area contributed by atoms with Crippen LogP contribution in [-0.4, -0.2) is 17.7 Å². The number of carbonyl (C=O) groups is 3. The minimum atomic E-state index is -0.306. The van der Waals surface area contributed by atoms with Crippen LogP contribution in [0, 0.1) is 0 Å². The molecule has 0 unspecified atom stereocenters. The Bertz CT molecular complexity index is 2850. The van der Waals surface area contributed by atoms with E-state index in [1.165, 1.54) is 10.5 Å². The van der Waals surface area contributed by atoms with Gasteiger partial charge >= 0.3 is 0 Å². The van der Waals surface area contributed by atoms with Crippen molar-refractivity contribution in [2.45, 2.75) is 111 Å². The van der Waals surface area contributed by atoms with Crippen molar-refractivity contribution in [1.29, 1.82) is 0 Å². The molecule has 7 aromatic rings. The molecule has 0 saturated carbocycles. The lowest BCUT2D eigenvalue weighted by molar-refractivity contribution is 0.0891. The molecule has 0 fully saturated rings. The van der Waals surface area contributed by atoms with Gasteiger partial charge in [-0.15, -0.1) is 0 Å². The average molecular weight is 753 g/mol. The van der Waals surface area contributed by atoms with E-state index in [2.05, 4.69) is 132 Å². The van der Waals surface area contributed by atoms with Gasteiger partial charge < -0.3 is 4.90 Å². The summed E-state index contributed by atoms with van der Waals surface area (Å²) in [6.07, 6.45) is 0. The lowest BCUT2D eigenvalue weighted by atomic mass is 9.79. The first-order chi connectivity index (χ1) is 26.6. The number of fused-ring (bicyclic) bond motifs is 2. The van der Waals surface area contributed by atoms with E-state index in [1.807, 2.05) is 41.3 Å². The van der Waals surface area contributed by atoms with Crippen LogP contribution in [0.3, 0.4) is 0 Å². The third-order valence-electron chi connectivity index (χ3n) is 12.5. The zero-order valence-electron chi connectivity index (χ0n) is 35.4. The quantitative estimate of drug-likeness (QED) is 0.100. The minimum Gasteiger partial charge on any atom is -0.304 e. The maximum absolute atomic E-state index is 14.8. The Morgan fingerprint density at radius 1 is 0.404 bits per heavy atom. The van der Waals surface area contributed by atoms with Gasteiger partial charge in [0, 0.05) is 33.2 Å². The van der Waals surface area contributed by atoms with E-state index in [0.29, 0.717) is 34.3 Å². The summed E-state index contributed by atoms with van der Waals surface area (Å²) in [5.41, 5.74) is 8.10. The summed E-state index contributed by atoms with van der Waals surface area (Å²) < 4.78 is 0. The van der Waals surface area contributed by atoms with E-state index in [9.17, 15) is 14.4 Å². The number of nitrogens with zero attached hydrogens (tertiary/aromatic N) is 2. The minimum absolute atomic E-state index is 0.000226. The van der Waals surface area contributed by atoms with Crippen LogP contribution in [0.25, 0.3) is 43.1 Å². The van der Waals surface area contributed by atoms with E-state index in [-0.39, 0.29) is 39.4 Å². The molecule has 288 valence electrons. The van der Waals surface area contributed by atoms with Crippen LogP contribution in [0.15, 0.2) is 84.9 Å². The lowest BCUT2D eigenvalue weighted by Crippen LogP contribution is -2.42. The number of carbonyl (C=O) groups excluding carboxylic acids is 3. The second kappa shape index (κ2) is 11.8. The molecule has 2 aliphatic heterocycles. The molecule has 2 aliphatic rings. The standard InChI is InChI=1S/C52H52N2O3/c1-49(2,3)29-14-23-38(51(7,8)9)40(25-29)53-27-28-13-16-31-33-18-21-36-45-37(22-19-34(44(33)45)32-17-20-35(46(53)55)42(28)43(31)32)48(57)54(47(36)56)41-26-30(50(4,5)6)15-24-39(41)52(10,11)12/h13-26H,27H2,1-12H3. The summed E-state index contributed by atoms with van der Waals surface area (Å²) in [5, 5.41) is 7.65. The molecule has 7 aromatic carbocycles. The van der Waals surface area contributed by atoms with Gasteiger partial charge in [0.2, 0.25) is 0 Å². The Morgan fingerprint density at radius 2 is 0.807 bits per heavy atom. The molecule has 2 heterocycles. The maximum Gasteiger partial charge on any atom is 0.265 e. The van der Waals surface area contributed by atoms with Gasteiger partial charge in [0.05, 0.1) is 12.2 Å². The van der Waals surface area contributed by atoms with Crippen LogP contribution < -0.4 is 9.80 Å². The molecule has 5 heteroatoms. The van der Waals surface area contributed by atoms with Crippen LogP contribution in [0.5, 0.6) is 0 Å². The molecule has 0 aromatic heterocycles. The normalized spacial score (nSPS) is 15.3. The molecule has 3 amide bonds. The lowest BCUT2D eigenvalue weighted by Gasteiger charge is -2.35. The number of amides is 3. The van der Waals surface area contributed by atoms with Gasteiger partial charge in [0.1, 0.15) is 0 Å². The topological polar surface area (TPSA) is 57.7 Å². The fourth-order valence-corrected chi connectivity index (χ4v) is 9.43. The highest BCUT2D eigenvalue weighted by molar-refractivity contribution is 6.43. The number of benzene rings is 7. The van der Waals surface area contributed by atoms with E-state index in [4.69, 9.17) is 0 Å². The van der Waals surface area contributed by atoms with Gasteiger partial charge in [-0.25, -0.2) is 4.90 Å². The smallest absolute Gasteiger partial charge is 0.265 e. The molecule has 0 atom stereocenters. The fraction of sp³-hybridized carbons (Fsp3) is 0.327. The number of rotatable bonds is 2. The Hall–Kier alpha value is -5.55. The third kappa shape index (κ3) is 5.37. The number of hydrogen-bond donors (Lipinski definition) is 0. The SMILES string of the molecule is CC(C)(C)c1ccc(C(C)(C)C)c(N2Cc3ccc4c5ccc6c7c(ccc(c8ccc(c3c48)C2=O)c75)C(=O)N(c2cc(C(C)(C)C)ccc2C(C)(C)C)C6=O)c1. The van der Waals surface area contributed by atoms with Crippen molar-refractivity contribution in [3.05, 3.63) is 129 Å². The largest absolute Gasteiger partial charge is 0.304 e.